The SMILES string of the molecule is CNNC(=O)COCC(C)OC. The van der Waals surface area contributed by atoms with E-state index in [2.05, 4.69) is 10.9 Å². The van der Waals surface area contributed by atoms with Gasteiger partial charge >= 0.3 is 0 Å². The van der Waals surface area contributed by atoms with E-state index in [0.29, 0.717) is 6.61 Å². The molecule has 0 radical (unpaired) electrons. The first-order valence-corrected chi connectivity index (χ1v) is 3.76. The van der Waals surface area contributed by atoms with Gasteiger partial charge in [0.05, 0.1) is 12.7 Å². The third-order valence-electron chi connectivity index (χ3n) is 1.25. The molecule has 1 unspecified atom stereocenters. The topological polar surface area (TPSA) is 59.6 Å². The summed E-state index contributed by atoms with van der Waals surface area (Å²) >= 11 is 0. The van der Waals surface area contributed by atoms with E-state index in [1.807, 2.05) is 6.92 Å². The zero-order valence-electron chi connectivity index (χ0n) is 7.72. The third kappa shape index (κ3) is 6.09. The zero-order chi connectivity index (χ0) is 9.40. The average Bonchev–Trinajstić information content (AvgIpc) is 2.04. The van der Waals surface area contributed by atoms with Crippen molar-refractivity contribution >= 4 is 5.91 Å². The number of nitrogens with one attached hydrogen (secondary N) is 2. The maximum Gasteiger partial charge on any atom is 0.260 e. The summed E-state index contributed by atoms with van der Waals surface area (Å²) in [4.78, 5) is 10.8. The molecule has 0 spiro atoms. The minimum atomic E-state index is -0.194. The summed E-state index contributed by atoms with van der Waals surface area (Å²) in [6.45, 7) is 2.35. The van der Waals surface area contributed by atoms with Gasteiger partial charge in [-0.05, 0) is 6.92 Å². The van der Waals surface area contributed by atoms with Gasteiger partial charge in [0.2, 0.25) is 0 Å². The number of methoxy groups -OCH3 is 1. The van der Waals surface area contributed by atoms with Crippen molar-refractivity contribution in [3.05, 3.63) is 0 Å². The second-order valence-electron chi connectivity index (χ2n) is 2.36. The molecule has 0 fully saturated rings. The number of carbonyl (C=O) groups is 1. The lowest BCUT2D eigenvalue weighted by Gasteiger charge is -2.09. The van der Waals surface area contributed by atoms with Crippen LogP contribution in [0, 0.1) is 0 Å². The molecular weight excluding hydrogens is 160 g/mol. The standard InChI is InChI=1S/C7H16N2O3/c1-6(11-3)4-12-5-7(10)9-8-2/h6,8H,4-5H2,1-3H3,(H,9,10). The first-order valence-electron chi connectivity index (χ1n) is 3.76. The van der Waals surface area contributed by atoms with Crippen LogP contribution in [0.4, 0.5) is 0 Å². The van der Waals surface area contributed by atoms with Crippen molar-refractivity contribution in [1.82, 2.24) is 10.9 Å². The second kappa shape index (κ2) is 7.02. The summed E-state index contributed by atoms with van der Waals surface area (Å²) in [5.41, 5.74) is 4.89. The number of hydrogen-bond donors (Lipinski definition) is 2. The van der Waals surface area contributed by atoms with Crippen LogP contribution in [0.1, 0.15) is 6.92 Å². The van der Waals surface area contributed by atoms with Gasteiger partial charge in [0, 0.05) is 14.2 Å². The molecule has 0 heterocycles. The smallest absolute Gasteiger partial charge is 0.260 e. The quantitative estimate of drug-likeness (QED) is 0.525. The fourth-order valence-corrected chi connectivity index (χ4v) is 0.561. The van der Waals surface area contributed by atoms with E-state index in [-0.39, 0.29) is 18.6 Å². The molecule has 2 N–H and O–H groups in total. The monoisotopic (exact) mass is 176 g/mol. The summed E-state index contributed by atoms with van der Waals surface area (Å²) in [6, 6.07) is 0. The van der Waals surface area contributed by atoms with Crippen LogP contribution in [0.5, 0.6) is 0 Å². The molecule has 5 heteroatoms. The average molecular weight is 176 g/mol. The molecule has 0 bridgehead atoms. The van der Waals surface area contributed by atoms with Gasteiger partial charge in [0.1, 0.15) is 6.61 Å². The first-order chi connectivity index (χ1) is 5.70. The molecule has 1 atom stereocenters. The molecule has 0 aliphatic heterocycles. The van der Waals surface area contributed by atoms with Crippen molar-refractivity contribution in [2.24, 2.45) is 0 Å². The van der Waals surface area contributed by atoms with Crippen LogP contribution < -0.4 is 10.9 Å². The highest BCUT2D eigenvalue weighted by atomic mass is 16.5. The highest BCUT2D eigenvalue weighted by molar-refractivity contribution is 5.76. The molecule has 0 saturated carbocycles. The van der Waals surface area contributed by atoms with E-state index in [4.69, 9.17) is 9.47 Å². The lowest BCUT2D eigenvalue weighted by atomic mass is 10.4. The van der Waals surface area contributed by atoms with E-state index in [1.54, 1.807) is 14.2 Å². The summed E-state index contributed by atoms with van der Waals surface area (Å²) < 4.78 is 9.94. The minimum absolute atomic E-state index is 0.0207. The van der Waals surface area contributed by atoms with Crippen LogP contribution in [-0.4, -0.2) is 39.4 Å². The van der Waals surface area contributed by atoms with E-state index >= 15 is 0 Å². The maximum absolute atomic E-state index is 10.8. The Morgan fingerprint density at radius 2 is 2.25 bits per heavy atom. The van der Waals surface area contributed by atoms with E-state index in [1.165, 1.54) is 0 Å². The number of ether oxygens (including phenoxy) is 2. The predicted molar refractivity (Wildman–Crippen MR) is 44.5 cm³/mol. The second-order valence-corrected chi connectivity index (χ2v) is 2.36. The summed E-state index contributed by atoms with van der Waals surface area (Å²) in [7, 11) is 3.22. The van der Waals surface area contributed by atoms with Crippen LogP contribution in [0.2, 0.25) is 0 Å². The molecule has 0 aromatic heterocycles. The Morgan fingerprint density at radius 3 is 2.75 bits per heavy atom. The van der Waals surface area contributed by atoms with Crippen molar-refractivity contribution in [3.63, 3.8) is 0 Å². The number of hydrogen-bond acceptors (Lipinski definition) is 4. The van der Waals surface area contributed by atoms with Crippen LogP contribution in [0.3, 0.4) is 0 Å². The molecule has 0 saturated heterocycles. The molecular formula is C7H16N2O3. The highest BCUT2D eigenvalue weighted by Gasteiger charge is 2.02. The lowest BCUT2D eigenvalue weighted by molar-refractivity contribution is -0.127. The van der Waals surface area contributed by atoms with Gasteiger partial charge in [-0.2, -0.15) is 0 Å². The van der Waals surface area contributed by atoms with Gasteiger partial charge in [-0.15, -0.1) is 0 Å². The molecule has 1 amide bonds. The Labute approximate surface area is 72.4 Å². The number of rotatable bonds is 6. The third-order valence-corrected chi connectivity index (χ3v) is 1.25. The molecule has 0 aliphatic carbocycles. The van der Waals surface area contributed by atoms with Crippen LogP contribution in [-0.2, 0) is 14.3 Å². The summed E-state index contributed by atoms with van der Waals surface area (Å²) in [5.74, 6) is -0.194. The van der Waals surface area contributed by atoms with Gasteiger partial charge in [0.25, 0.3) is 5.91 Å². The van der Waals surface area contributed by atoms with Gasteiger partial charge < -0.3 is 9.47 Å². The highest BCUT2D eigenvalue weighted by Crippen LogP contribution is 1.87. The van der Waals surface area contributed by atoms with Crippen LogP contribution in [0.25, 0.3) is 0 Å². The molecule has 12 heavy (non-hydrogen) atoms. The first kappa shape index (κ1) is 11.4. The largest absolute Gasteiger partial charge is 0.379 e. The minimum Gasteiger partial charge on any atom is -0.379 e. The number of carbonyl (C=O) groups excluding carboxylic acids is 1. The van der Waals surface area contributed by atoms with Gasteiger partial charge in [-0.1, -0.05) is 0 Å². The van der Waals surface area contributed by atoms with Crippen molar-refractivity contribution in [3.8, 4) is 0 Å². The molecule has 72 valence electrons. The number of hydrazine groups is 1. The van der Waals surface area contributed by atoms with Crippen molar-refractivity contribution < 1.29 is 14.3 Å². The van der Waals surface area contributed by atoms with Crippen molar-refractivity contribution in [1.29, 1.82) is 0 Å². The Hall–Kier alpha value is -0.650. The van der Waals surface area contributed by atoms with Crippen LogP contribution in [0.15, 0.2) is 0 Å². The summed E-state index contributed by atoms with van der Waals surface area (Å²) in [5, 5.41) is 0. The fraction of sp³-hybridized carbons (Fsp3) is 0.857. The summed E-state index contributed by atoms with van der Waals surface area (Å²) in [6.07, 6.45) is 0.0207. The Kier molecular flexibility index (Phi) is 6.64. The van der Waals surface area contributed by atoms with E-state index in [0.717, 1.165) is 0 Å². The number of amides is 1. The Balaban J connectivity index is 3.24. The van der Waals surface area contributed by atoms with Crippen LogP contribution >= 0.6 is 0 Å². The molecule has 0 aromatic carbocycles. The van der Waals surface area contributed by atoms with Crippen molar-refractivity contribution in [2.45, 2.75) is 13.0 Å². The maximum atomic E-state index is 10.8. The van der Waals surface area contributed by atoms with Gasteiger partial charge in [-0.25, -0.2) is 5.43 Å². The molecule has 0 aromatic rings. The van der Waals surface area contributed by atoms with Crippen molar-refractivity contribution in [2.75, 3.05) is 27.4 Å². The van der Waals surface area contributed by atoms with E-state index < -0.39 is 0 Å². The predicted octanol–water partition coefficient (Wildman–Crippen LogP) is -0.711. The fourth-order valence-electron chi connectivity index (χ4n) is 0.561. The Morgan fingerprint density at radius 1 is 1.58 bits per heavy atom. The zero-order valence-corrected chi connectivity index (χ0v) is 7.72. The lowest BCUT2D eigenvalue weighted by Crippen LogP contribution is -2.37. The van der Waals surface area contributed by atoms with Gasteiger partial charge in [-0.3, -0.25) is 10.2 Å². The Bertz CT molecular complexity index is 130. The molecule has 5 nitrogen and oxygen atoms in total. The van der Waals surface area contributed by atoms with E-state index in [9.17, 15) is 4.79 Å². The van der Waals surface area contributed by atoms with Gasteiger partial charge in [0.15, 0.2) is 0 Å². The molecule has 0 aliphatic rings. The normalized spacial score (nSPS) is 12.6. The molecule has 0 rings (SSSR count).